The molecule has 0 aromatic heterocycles. The molecule has 9 heteroatoms. The van der Waals surface area contributed by atoms with Crippen molar-refractivity contribution in [2.45, 2.75) is 31.8 Å². The first-order valence-corrected chi connectivity index (χ1v) is 13.0. The molecule has 8 nitrogen and oxygen atoms in total. The number of nitro groups is 1. The van der Waals surface area contributed by atoms with Gasteiger partial charge >= 0.3 is 0 Å². The van der Waals surface area contributed by atoms with Crippen LogP contribution in [-0.2, 0) is 23.1 Å². The van der Waals surface area contributed by atoms with Gasteiger partial charge in [-0.2, -0.15) is 4.31 Å². The second-order valence-electron chi connectivity index (χ2n) is 8.80. The first-order valence-electron chi connectivity index (χ1n) is 11.6. The molecular weight excluding hydrogens is 464 g/mol. The summed E-state index contributed by atoms with van der Waals surface area (Å²) < 4.78 is 27.8. The van der Waals surface area contributed by atoms with E-state index >= 15 is 0 Å². The van der Waals surface area contributed by atoms with E-state index in [-0.39, 0.29) is 10.6 Å². The van der Waals surface area contributed by atoms with Crippen LogP contribution in [0.25, 0.3) is 0 Å². The van der Waals surface area contributed by atoms with E-state index in [1.54, 1.807) is 18.2 Å². The molecule has 0 amide bonds. The van der Waals surface area contributed by atoms with Gasteiger partial charge in [-0.25, -0.2) is 8.42 Å². The van der Waals surface area contributed by atoms with Gasteiger partial charge in [0.15, 0.2) is 0 Å². The van der Waals surface area contributed by atoms with Gasteiger partial charge in [-0.3, -0.25) is 10.1 Å². The molecule has 0 unspecified atom stereocenters. The minimum Gasteiger partial charge on any atom is -0.369 e. The van der Waals surface area contributed by atoms with Gasteiger partial charge in [0, 0.05) is 56.6 Å². The van der Waals surface area contributed by atoms with E-state index in [1.165, 1.54) is 10.4 Å². The molecule has 1 heterocycles. The predicted molar refractivity (Wildman–Crippen MR) is 137 cm³/mol. The Kier molecular flexibility index (Phi) is 7.49. The smallest absolute Gasteiger partial charge is 0.274 e. The maximum absolute atomic E-state index is 13.1. The zero-order chi connectivity index (χ0) is 25.0. The number of aryl methyl sites for hydroxylation is 2. The molecule has 35 heavy (non-hydrogen) atoms. The van der Waals surface area contributed by atoms with Crippen molar-refractivity contribution in [3.05, 3.63) is 99.1 Å². The second-order valence-corrected chi connectivity index (χ2v) is 10.7. The molecule has 0 aliphatic carbocycles. The molecule has 3 aromatic carbocycles. The van der Waals surface area contributed by atoms with Crippen LogP contribution in [0.5, 0.6) is 0 Å². The van der Waals surface area contributed by atoms with Gasteiger partial charge in [0.1, 0.15) is 0 Å². The summed E-state index contributed by atoms with van der Waals surface area (Å²) in [5, 5.41) is 14.9. The van der Waals surface area contributed by atoms with Crippen molar-refractivity contribution < 1.29 is 13.3 Å². The summed E-state index contributed by atoms with van der Waals surface area (Å²) in [6.07, 6.45) is 0. The largest absolute Gasteiger partial charge is 0.369 e. The van der Waals surface area contributed by atoms with Gasteiger partial charge in [0.25, 0.3) is 5.69 Å². The number of nitro benzene ring substituents is 1. The molecule has 1 aliphatic heterocycles. The van der Waals surface area contributed by atoms with Crippen LogP contribution < -0.4 is 10.2 Å². The summed E-state index contributed by atoms with van der Waals surface area (Å²) in [6.45, 7) is 6.57. The number of sulfonamides is 1. The maximum Gasteiger partial charge on any atom is 0.274 e. The van der Waals surface area contributed by atoms with Crippen molar-refractivity contribution in [1.29, 1.82) is 0 Å². The van der Waals surface area contributed by atoms with E-state index in [4.69, 9.17) is 0 Å². The van der Waals surface area contributed by atoms with Gasteiger partial charge in [-0.1, -0.05) is 36.4 Å². The average molecular weight is 495 g/mol. The van der Waals surface area contributed by atoms with Crippen LogP contribution in [0, 0.1) is 24.0 Å². The van der Waals surface area contributed by atoms with Crippen molar-refractivity contribution in [3.8, 4) is 0 Å². The number of rotatable bonds is 8. The third-order valence-corrected chi connectivity index (χ3v) is 8.36. The zero-order valence-electron chi connectivity index (χ0n) is 20.0. The van der Waals surface area contributed by atoms with Crippen molar-refractivity contribution in [2.24, 2.45) is 0 Å². The zero-order valence-corrected chi connectivity index (χ0v) is 20.8. The number of nitrogens with zero attached hydrogens (tertiary/aromatic N) is 3. The lowest BCUT2D eigenvalue weighted by Crippen LogP contribution is -2.48. The Morgan fingerprint density at radius 2 is 1.60 bits per heavy atom. The van der Waals surface area contributed by atoms with Gasteiger partial charge in [0.05, 0.1) is 9.82 Å². The number of piperazine rings is 1. The van der Waals surface area contributed by atoms with Crippen LogP contribution in [0.3, 0.4) is 0 Å². The molecule has 184 valence electrons. The number of benzene rings is 3. The Labute approximate surface area is 206 Å². The van der Waals surface area contributed by atoms with E-state index in [2.05, 4.69) is 10.2 Å². The Hall–Kier alpha value is -3.27. The first-order chi connectivity index (χ1) is 16.8. The Bertz CT molecular complexity index is 1300. The van der Waals surface area contributed by atoms with E-state index in [1.807, 2.05) is 56.3 Å². The van der Waals surface area contributed by atoms with Gasteiger partial charge < -0.3 is 10.2 Å². The van der Waals surface area contributed by atoms with E-state index in [9.17, 15) is 18.5 Å². The van der Waals surface area contributed by atoms with Crippen LogP contribution in [-0.4, -0.2) is 43.8 Å². The maximum atomic E-state index is 13.1. The number of nitrogens with one attached hydrogen (secondary N) is 1. The standard InChI is InChI=1S/C26H30N4O4S/c1-20-8-10-25(16-21(20)2)35(33,34)29-14-12-28(13-15-29)24-9-11-26(30(31)32)23(17-24)19-27-18-22-6-4-3-5-7-22/h3-11,16-17,27H,12-15,18-19H2,1-2H3. The molecule has 1 N–H and O–H groups in total. The fourth-order valence-corrected chi connectivity index (χ4v) is 5.74. The molecule has 0 radical (unpaired) electrons. The molecule has 1 aliphatic rings. The van der Waals surface area contributed by atoms with Crippen LogP contribution in [0.15, 0.2) is 71.6 Å². The van der Waals surface area contributed by atoms with Gasteiger partial charge in [0.2, 0.25) is 10.0 Å². The Morgan fingerprint density at radius 3 is 2.26 bits per heavy atom. The molecule has 1 saturated heterocycles. The third kappa shape index (κ3) is 5.70. The van der Waals surface area contributed by atoms with Gasteiger partial charge in [-0.15, -0.1) is 0 Å². The normalized spacial score (nSPS) is 14.7. The monoisotopic (exact) mass is 494 g/mol. The third-order valence-electron chi connectivity index (χ3n) is 6.47. The van der Waals surface area contributed by atoms with Crippen LogP contribution in [0.2, 0.25) is 0 Å². The molecule has 4 rings (SSSR count). The molecule has 0 atom stereocenters. The quantitative estimate of drug-likeness (QED) is 0.376. The van der Waals surface area contributed by atoms with E-state index in [0.29, 0.717) is 49.7 Å². The van der Waals surface area contributed by atoms with Crippen molar-refractivity contribution >= 4 is 21.4 Å². The number of hydrogen-bond acceptors (Lipinski definition) is 6. The Balaban J connectivity index is 1.44. The highest BCUT2D eigenvalue weighted by atomic mass is 32.2. The second kappa shape index (κ2) is 10.6. The summed E-state index contributed by atoms with van der Waals surface area (Å²) in [4.78, 5) is 13.6. The fourth-order valence-electron chi connectivity index (χ4n) is 4.24. The summed E-state index contributed by atoms with van der Waals surface area (Å²) in [5.41, 5.74) is 4.65. The first kappa shape index (κ1) is 24.8. The molecular formula is C26H30N4O4S. The topological polar surface area (TPSA) is 95.8 Å². The molecule has 0 bridgehead atoms. The predicted octanol–water partition coefficient (Wildman–Crippen LogP) is 4.01. The van der Waals surface area contributed by atoms with Crippen LogP contribution in [0.4, 0.5) is 11.4 Å². The summed E-state index contributed by atoms with van der Waals surface area (Å²) in [7, 11) is -3.56. The molecule has 0 saturated carbocycles. The highest BCUT2D eigenvalue weighted by molar-refractivity contribution is 7.89. The lowest BCUT2D eigenvalue weighted by atomic mass is 10.1. The SMILES string of the molecule is Cc1ccc(S(=O)(=O)N2CCN(c3ccc([N+](=O)[O-])c(CNCc4ccccc4)c3)CC2)cc1C. The highest BCUT2D eigenvalue weighted by Crippen LogP contribution is 2.27. The lowest BCUT2D eigenvalue weighted by Gasteiger charge is -2.35. The summed E-state index contributed by atoms with van der Waals surface area (Å²) >= 11 is 0. The van der Waals surface area contributed by atoms with Crippen molar-refractivity contribution in [1.82, 2.24) is 9.62 Å². The van der Waals surface area contributed by atoms with Crippen molar-refractivity contribution in [2.75, 3.05) is 31.1 Å². The summed E-state index contributed by atoms with van der Waals surface area (Å²) in [5.74, 6) is 0. The van der Waals surface area contributed by atoms with Crippen LogP contribution >= 0.6 is 0 Å². The van der Waals surface area contributed by atoms with Crippen molar-refractivity contribution in [3.63, 3.8) is 0 Å². The minimum atomic E-state index is -3.56. The van der Waals surface area contributed by atoms with Gasteiger partial charge in [-0.05, 0) is 54.8 Å². The summed E-state index contributed by atoms with van der Waals surface area (Å²) in [6, 6.07) is 20.2. The molecule has 0 spiro atoms. The number of hydrogen-bond donors (Lipinski definition) is 1. The van der Waals surface area contributed by atoms with Crippen LogP contribution in [0.1, 0.15) is 22.3 Å². The number of anilines is 1. The fraction of sp³-hybridized carbons (Fsp3) is 0.308. The molecule has 3 aromatic rings. The van der Waals surface area contributed by atoms with E-state index < -0.39 is 10.0 Å². The minimum absolute atomic E-state index is 0.0743. The highest BCUT2D eigenvalue weighted by Gasteiger charge is 2.29. The average Bonchev–Trinajstić information content (AvgIpc) is 2.86. The Morgan fingerprint density at radius 1 is 0.886 bits per heavy atom. The van der Waals surface area contributed by atoms with E-state index in [0.717, 1.165) is 22.4 Å². The molecule has 1 fully saturated rings. The lowest BCUT2D eigenvalue weighted by molar-refractivity contribution is -0.385.